The van der Waals surface area contributed by atoms with Crippen LogP contribution in [-0.4, -0.2) is 16.1 Å². The van der Waals surface area contributed by atoms with Crippen LogP contribution in [0.25, 0.3) is 11.0 Å². The topological polar surface area (TPSA) is 69.9 Å². The Balaban J connectivity index is 2.43. The summed E-state index contributed by atoms with van der Waals surface area (Å²) in [5.41, 5.74) is 15.1. The minimum Gasteiger partial charge on any atom is -0.334 e. The Kier molecular flexibility index (Phi) is 2.93. The number of aromatic nitrogens is 2. The van der Waals surface area contributed by atoms with E-state index in [9.17, 15) is 0 Å². The van der Waals surface area contributed by atoms with E-state index in [4.69, 9.17) is 11.5 Å². The lowest BCUT2D eigenvalue weighted by Crippen LogP contribution is -2.35. The Bertz CT molecular complexity index is 527. The first-order valence-corrected chi connectivity index (χ1v) is 5.82. The summed E-state index contributed by atoms with van der Waals surface area (Å²) in [5.74, 6) is 0. The van der Waals surface area contributed by atoms with Gasteiger partial charge in [0.05, 0.1) is 17.4 Å². The molecule has 0 fully saturated rings. The molecular formula is C13H20N4. The molecule has 1 aromatic heterocycles. The molecule has 0 aliphatic rings. The SMILES string of the molecule is Cn1cnc2cc(C(N)C(C)(C)CN)ccc21. The lowest BCUT2D eigenvalue weighted by molar-refractivity contribution is 0.301. The Hall–Kier alpha value is -1.39. The Labute approximate surface area is 102 Å². The van der Waals surface area contributed by atoms with Crippen molar-refractivity contribution in [2.24, 2.45) is 23.9 Å². The van der Waals surface area contributed by atoms with E-state index in [2.05, 4.69) is 37.0 Å². The van der Waals surface area contributed by atoms with E-state index in [1.54, 1.807) is 0 Å². The van der Waals surface area contributed by atoms with Gasteiger partial charge in [0, 0.05) is 13.1 Å². The van der Waals surface area contributed by atoms with E-state index in [1.165, 1.54) is 0 Å². The smallest absolute Gasteiger partial charge is 0.0955 e. The van der Waals surface area contributed by atoms with Crippen LogP contribution in [0.3, 0.4) is 0 Å². The fraction of sp³-hybridized carbons (Fsp3) is 0.462. The number of aryl methyl sites for hydroxylation is 1. The van der Waals surface area contributed by atoms with Crippen molar-refractivity contribution in [2.75, 3.05) is 6.54 Å². The van der Waals surface area contributed by atoms with Gasteiger partial charge in [0.2, 0.25) is 0 Å². The summed E-state index contributed by atoms with van der Waals surface area (Å²) in [6.07, 6.45) is 1.81. The molecule has 17 heavy (non-hydrogen) atoms. The lowest BCUT2D eigenvalue weighted by atomic mass is 9.81. The van der Waals surface area contributed by atoms with Gasteiger partial charge in [-0.05, 0) is 29.7 Å². The van der Waals surface area contributed by atoms with Crippen LogP contribution in [0.5, 0.6) is 0 Å². The first-order valence-electron chi connectivity index (χ1n) is 5.82. The third-order valence-electron chi connectivity index (χ3n) is 3.48. The van der Waals surface area contributed by atoms with Crippen LogP contribution in [0, 0.1) is 5.41 Å². The van der Waals surface area contributed by atoms with Crippen molar-refractivity contribution < 1.29 is 0 Å². The molecule has 0 aliphatic heterocycles. The van der Waals surface area contributed by atoms with Gasteiger partial charge in [-0.2, -0.15) is 0 Å². The predicted octanol–water partition coefficient (Wildman–Crippen LogP) is 1.56. The van der Waals surface area contributed by atoms with Gasteiger partial charge in [-0.3, -0.25) is 0 Å². The zero-order chi connectivity index (χ0) is 12.6. The summed E-state index contributed by atoms with van der Waals surface area (Å²) in [4.78, 5) is 4.35. The number of hydrogen-bond donors (Lipinski definition) is 2. The molecule has 4 N–H and O–H groups in total. The van der Waals surface area contributed by atoms with Crippen molar-refractivity contribution in [2.45, 2.75) is 19.9 Å². The highest BCUT2D eigenvalue weighted by Crippen LogP contribution is 2.31. The van der Waals surface area contributed by atoms with Crippen molar-refractivity contribution in [3.05, 3.63) is 30.1 Å². The second-order valence-electron chi connectivity index (χ2n) is 5.27. The highest BCUT2D eigenvalue weighted by atomic mass is 15.0. The fourth-order valence-electron chi connectivity index (χ4n) is 1.92. The molecule has 1 unspecified atom stereocenters. The average molecular weight is 232 g/mol. The molecule has 1 atom stereocenters. The summed E-state index contributed by atoms with van der Waals surface area (Å²) >= 11 is 0. The molecule has 0 spiro atoms. The average Bonchev–Trinajstić information content (AvgIpc) is 2.69. The third kappa shape index (κ3) is 2.06. The van der Waals surface area contributed by atoms with Crippen molar-refractivity contribution in [3.8, 4) is 0 Å². The van der Waals surface area contributed by atoms with Gasteiger partial charge < -0.3 is 16.0 Å². The predicted molar refractivity (Wildman–Crippen MR) is 70.5 cm³/mol. The third-order valence-corrected chi connectivity index (χ3v) is 3.48. The molecular weight excluding hydrogens is 212 g/mol. The van der Waals surface area contributed by atoms with Crippen molar-refractivity contribution >= 4 is 11.0 Å². The summed E-state index contributed by atoms with van der Waals surface area (Å²) in [7, 11) is 1.98. The Morgan fingerprint density at radius 3 is 2.76 bits per heavy atom. The maximum absolute atomic E-state index is 6.27. The van der Waals surface area contributed by atoms with E-state index in [0.717, 1.165) is 16.6 Å². The number of rotatable bonds is 3. The zero-order valence-corrected chi connectivity index (χ0v) is 10.6. The van der Waals surface area contributed by atoms with Crippen LogP contribution < -0.4 is 11.5 Å². The molecule has 0 saturated carbocycles. The van der Waals surface area contributed by atoms with Gasteiger partial charge >= 0.3 is 0 Å². The number of benzene rings is 1. The number of imidazole rings is 1. The molecule has 1 heterocycles. The number of hydrogen-bond acceptors (Lipinski definition) is 3. The molecule has 4 nitrogen and oxygen atoms in total. The lowest BCUT2D eigenvalue weighted by Gasteiger charge is -2.30. The second kappa shape index (κ2) is 4.13. The first kappa shape index (κ1) is 12.1. The second-order valence-corrected chi connectivity index (χ2v) is 5.27. The van der Waals surface area contributed by atoms with Crippen molar-refractivity contribution in [1.29, 1.82) is 0 Å². The number of fused-ring (bicyclic) bond motifs is 1. The van der Waals surface area contributed by atoms with Crippen molar-refractivity contribution in [1.82, 2.24) is 9.55 Å². The summed E-state index contributed by atoms with van der Waals surface area (Å²) in [5, 5.41) is 0. The summed E-state index contributed by atoms with van der Waals surface area (Å²) in [6, 6.07) is 6.10. The Morgan fingerprint density at radius 2 is 2.12 bits per heavy atom. The molecule has 4 heteroatoms. The highest BCUT2D eigenvalue weighted by Gasteiger charge is 2.26. The van der Waals surface area contributed by atoms with Crippen LogP contribution >= 0.6 is 0 Å². The molecule has 0 saturated heterocycles. The van der Waals surface area contributed by atoms with Gasteiger partial charge in [0.25, 0.3) is 0 Å². The monoisotopic (exact) mass is 232 g/mol. The molecule has 0 aliphatic carbocycles. The molecule has 2 aromatic rings. The fourth-order valence-corrected chi connectivity index (χ4v) is 1.92. The maximum Gasteiger partial charge on any atom is 0.0955 e. The van der Waals surface area contributed by atoms with Crippen LogP contribution in [0.2, 0.25) is 0 Å². The molecule has 0 amide bonds. The molecule has 0 radical (unpaired) electrons. The van der Waals surface area contributed by atoms with Crippen LogP contribution in [0.1, 0.15) is 25.5 Å². The molecule has 92 valence electrons. The normalized spacial score (nSPS) is 14.2. The largest absolute Gasteiger partial charge is 0.334 e. The highest BCUT2D eigenvalue weighted by molar-refractivity contribution is 5.76. The van der Waals surface area contributed by atoms with Crippen LogP contribution in [-0.2, 0) is 7.05 Å². The quantitative estimate of drug-likeness (QED) is 0.843. The summed E-state index contributed by atoms with van der Waals surface area (Å²) in [6.45, 7) is 4.73. The van der Waals surface area contributed by atoms with E-state index >= 15 is 0 Å². The van der Waals surface area contributed by atoms with Crippen LogP contribution in [0.15, 0.2) is 24.5 Å². The van der Waals surface area contributed by atoms with Gasteiger partial charge in [-0.1, -0.05) is 19.9 Å². The van der Waals surface area contributed by atoms with Gasteiger partial charge in [0.15, 0.2) is 0 Å². The molecule has 2 rings (SSSR count). The van der Waals surface area contributed by atoms with Gasteiger partial charge in [0.1, 0.15) is 0 Å². The number of nitrogens with two attached hydrogens (primary N) is 2. The van der Waals surface area contributed by atoms with Gasteiger partial charge in [-0.15, -0.1) is 0 Å². The zero-order valence-electron chi connectivity index (χ0n) is 10.6. The first-order chi connectivity index (χ1) is 7.95. The molecule has 1 aromatic carbocycles. The summed E-state index contributed by atoms with van der Waals surface area (Å²) < 4.78 is 2.00. The van der Waals surface area contributed by atoms with Gasteiger partial charge in [-0.25, -0.2) is 4.98 Å². The van der Waals surface area contributed by atoms with E-state index < -0.39 is 0 Å². The minimum absolute atomic E-state index is 0.0705. The van der Waals surface area contributed by atoms with E-state index in [-0.39, 0.29) is 11.5 Å². The number of nitrogens with zero attached hydrogens (tertiary/aromatic N) is 2. The minimum atomic E-state index is -0.109. The standard InChI is InChI=1S/C13H20N4/c1-13(2,7-14)12(15)9-4-5-11-10(6-9)16-8-17(11)3/h4-6,8,12H,7,14-15H2,1-3H3. The van der Waals surface area contributed by atoms with E-state index in [1.807, 2.05) is 17.9 Å². The Morgan fingerprint density at radius 1 is 1.41 bits per heavy atom. The van der Waals surface area contributed by atoms with E-state index in [0.29, 0.717) is 6.54 Å². The maximum atomic E-state index is 6.27. The molecule has 0 bridgehead atoms. The van der Waals surface area contributed by atoms with Crippen molar-refractivity contribution in [3.63, 3.8) is 0 Å². The van der Waals surface area contributed by atoms with Crippen LogP contribution in [0.4, 0.5) is 0 Å².